The van der Waals surface area contributed by atoms with Crippen molar-refractivity contribution in [1.82, 2.24) is 4.90 Å². The molecule has 0 radical (unpaired) electrons. The second-order valence-corrected chi connectivity index (χ2v) is 4.71. The van der Waals surface area contributed by atoms with Gasteiger partial charge in [-0.2, -0.15) is 13.2 Å². The van der Waals surface area contributed by atoms with Crippen molar-refractivity contribution in [2.75, 3.05) is 26.3 Å². The Hall–Kier alpha value is -0.530. The normalized spacial score (nSPS) is 23.9. The van der Waals surface area contributed by atoms with Crippen LogP contribution in [0.3, 0.4) is 0 Å². The van der Waals surface area contributed by atoms with Gasteiger partial charge in [0.1, 0.15) is 13.2 Å². The summed E-state index contributed by atoms with van der Waals surface area (Å²) >= 11 is 0. The van der Waals surface area contributed by atoms with E-state index >= 15 is 0 Å². The summed E-state index contributed by atoms with van der Waals surface area (Å²) in [5.41, 5.74) is 5.58. The molecule has 1 rings (SSSR count). The van der Waals surface area contributed by atoms with Crippen molar-refractivity contribution >= 4 is 18.3 Å². The summed E-state index contributed by atoms with van der Waals surface area (Å²) in [4.78, 5) is 13.3. The first-order valence-corrected chi connectivity index (χ1v) is 5.97. The highest BCUT2D eigenvalue weighted by Crippen LogP contribution is 2.22. The van der Waals surface area contributed by atoms with Crippen LogP contribution in [0, 0.1) is 5.92 Å². The SMILES string of the molecule is CC1CCN(C(=O)COCC(F)(F)F)C(CN)C1.Cl. The number of ether oxygens (including phenoxy) is 1. The Morgan fingerprint density at radius 2 is 2.11 bits per heavy atom. The minimum Gasteiger partial charge on any atom is -0.362 e. The molecule has 114 valence electrons. The second-order valence-electron chi connectivity index (χ2n) is 4.71. The Morgan fingerprint density at radius 3 is 2.63 bits per heavy atom. The number of carbonyl (C=O) groups is 1. The van der Waals surface area contributed by atoms with Gasteiger partial charge in [0.25, 0.3) is 0 Å². The van der Waals surface area contributed by atoms with E-state index in [1.54, 1.807) is 0 Å². The summed E-state index contributed by atoms with van der Waals surface area (Å²) in [6, 6.07) is -0.0873. The molecule has 1 amide bonds. The minimum atomic E-state index is -4.40. The average molecular weight is 305 g/mol. The summed E-state index contributed by atoms with van der Waals surface area (Å²) in [6.45, 7) is 1.01. The van der Waals surface area contributed by atoms with Crippen LogP contribution < -0.4 is 5.73 Å². The van der Waals surface area contributed by atoms with Gasteiger partial charge >= 0.3 is 6.18 Å². The second kappa shape index (κ2) is 7.91. The maximum atomic E-state index is 11.9. The molecular formula is C11H20ClF3N2O2. The lowest BCUT2D eigenvalue weighted by Crippen LogP contribution is -2.50. The molecule has 2 N–H and O–H groups in total. The van der Waals surface area contributed by atoms with E-state index < -0.39 is 25.3 Å². The predicted octanol–water partition coefficient (Wildman–Crippen LogP) is 1.57. The number of alkyl halides is 3. The van der Waals surface area contributed by atoms with Crippen LogP contribution in [0.25, 0.3) is 0 Å². The van der Waals surface area contributed by atoms with Crippen molar-refractivity contribution < 1.29 is 22.7 Å². The minimum absolute atomic E-state index is 0. The number of halogens is 4. The number of carbonyl (C=O) groups excluding carboxylic acids is 1. The van der Waals surface area contributed by atoms with Gasteiger partial charge in [-0.3, -0.25) is 4.79 Å². The fourth-order valence-electron chi connectivity index (χ4n) is 2.14. The van der Waals surface area contributed by atoms with Gasteiger partial charge in [-0.15, -0.1) is 12.4 Å². The molecule has 0 aromatic carbocycles. The molecule has 19 heavy (non-hydrogen) atoms. The van der Waals surface area contributed by atoms with E-state index in [1.807, 2.05) is 0 Å². The topological polar surface area (TPSA) is 55.6 Å². The summed E-state index contributed by atoms with van der Waals surface area (Å²) in [6.07, 6.45) is -2.76. The van der Waals surface area contributed by atoms with Crippen molar-refractivity contribution in [3.8, 4) is 0 Å². The number of piperidine rings is 1. The van der Waals surface area contributed by atoms with Gasteiger partial charge in [0.05, 0.1) is 0 Å². The Kier molecular flexibility index (Phi) is 7.69. The van der Waals surface area contributed by atoms with Crippen LogP contribution in [-0.2, 0) is 9.53 Å². The molecule has 0 aromatic rings. The van der Waals surface area contributed by atoms with Crippen LogP contribution in [0.5, 0.6) is 0 Å². The van der Waals surface area contributed by atoms with E-state index in [4.69, 9.17) is 5.73 Å². The Balaban J connectivity index is 0.00000324. The largest absolute Gasteiger partial charge is 0.411 e. The molecule has 0 aromatic heterocycles. The average Bonchev–Trinajstić information content (AvgIpc) is 2.26. The smallest absolute Gasteiger partial charge is 0.362 e. The lowest BCUT2D eigenvalue weighted by atomic mass is 9.92. The molecule has 1 heterocycles. The van der Waals surface area contributed by atoms with Crippen LogP contribution in [0.1, 0.15) is 19.8 Å². The number of nitrogens with two attached hydrogens (primary N) is 1. The number of rotatable bonds is 4. The fourth-order valence-corrected chi connectivity index (χ4v) is 2.14. The summed E-state index contributed by atoms with van der Waals surface area (Å²) < 4.78 is 40.0. The number of hydrogen-bond acceptors (Lipinski definition) is 3. The molecule has 0 saturated carbocycles. The molecule has 0 spiro atoms. The molecular weight excluding hydrogens is 285 g/mol. The third kappa shape index (κ3) is 6.44. The Bertz CT molecular complexity index is 290. The highest BCUT2D eigenvalue weighted by atomic mass is 35.5. The van der Waals surface area contributed by atoms with Crippen molar-refractivity contribution in [2.24, 2.45) is 11.7 Å². The first kappa shape index (κ1) is 18.5. The van der Waals surface area contributed by atoms with E-state index in [2.05, 4.69) is 11.7 Å². The van der Waals surface area contributed by atoms with Crippen molar-refractivity contribution in [1.29, 1.82) is 0 Å². The zero-order valence-electron chi connectivity index (χ0n) is 10.8. The third-order valence-electron chi connectivity index (χ3n) is 3.06. The standard InChI is InChI=1S/C11H19F3N2O2.ClH/c1-8-2-3-16(9(4-8)5-15)10(17)6-18-7-11(12,13)14;/h8-9H,2-7,15H2,1H3;1H. The predicted molar refractivity (Wildman–Crippen MR) is 67.1 cm³/mol. The lowest BCUT2D eigenvalue weighted by Gasteiger charge is -2.37. The van der Waals surface area contributed by atoms with Gasteiger partial charge in [-0.05, 0) is 18.8 Å². The van der Waals surface area contributed by atoms with E-state index in [1.165, 1.54) is 4.90 Å². The number of hydrogen-bond donors (Lipinski definition) is 1. The summed E-state index contributed by atoms with van der Waals surface area (Å²) in [7, 11) is 0. The Labute approximate surface area is 116 Å². The number of nitrogens with zero attached hydrogens (tertiary/aromatic N) is 1. The molecule has 0 bridgehead atoms. The molecule has 8 heteroatoms. The highest BCUT2D eigenvalue weighted by molar-refractivity contribution is 5.85. The first-order chi connectivity index (χ1) is 8.33. The van der Waals surface area contributed by atoms with Gasteiger partial charge in [0.2, 0.25) is 5.91 Å². The van der Waals surface area contributed by atoms with E-state index in [0.717, 1.165) is 12.8 Å². The Morgan fingerprint density at radius 1 is 1.47 bits per heavy atom. The summed E-state index contributed by atoms with van der Waals surface area (Å²) in [5.74, 6) is 0.0697. The van der Waals surface area contributed by atoms with E-state index in [-0.39, 0.29) is 18.4 Å². The first-order valence-electron chi connectivity index (χ1n) is 5.97. The van der Waals surface area contributed by atoms with Crippen LogP contribution in [0.2, 0.25) is 0 Å². The molecule has 1 fully saturated rings. The molecule has 2 atom stereocenters. The van der Waals surface area contributed by atoms with Crippen LogP contribution >= 0.6 is 12.4 Å². The molecule has 2 unspecified atom stereocenters. The number of likely N-dealkylation sites (tertiary alicyclic amines) is 1. The fraction of sp³-hybridized carbons (Fsp3) is 0.909. The molecule has 0 aliphatic carbocycles. The van der Waals surface area contributed by atoms with E-state index in [9.17, 15) is 18.0 Å². The van der Waals surface area contributed by atoms with Gasteiger partial charge < -0.3 is 15.4 Å². The zero-order chi connectivity index (χ0) is 13.8. The maximum absolute atomic E-state index is 11.9. The third-order valence-corrected chi connectivity index (χ3v) is 3.06. The van der Waals surface area contributed by atoms with E-state index in [0.29, 0.717) is 19.0 Å². The van der Waals surface area contributed by atoms with Gasteiger partial charge in [0, 0.05) is 19.1 Å². The monoisotopic (exact) mass is 304 g/mol. The van der Waals surface area contributed by atoms with Crippen LogP contribution in [0.15, 0.2) is 0 Å². The molecule has 1 aliphatic rings. The molecule has 4 nitrogen and oxygen atoms in total. The maximum Gasteiger partial charge on any atom is 0.411 e. The quantitative estimate of drug-likeness (QED) is 0.858. The van der Waals surface area contributed by atoms with Gasteiger partial charge in [-0.1, -0.05) is 6.92 Å². The molecule has 1 aliphatic heterocycles. The van der Waals surface area contributed by atoms with Gasteiger partial charge in [-0.25, -0.2) is 0 Å². The number of amides is 1. The van der Waals surface area contributed by atoms with Crippen LogP contribution in [0.4, 0.5) is 13.2 Å². The van der Waals surface area contributed by atoms with Crippen molar-refractivity contribution in [3.63, 3.8) is 0 Å². The molecule has 1 saturated heterocycles. The van der Waals surface area contributed by atoms with Crippen molar-refractivity contribution in [3.05, 3.63) is 0 Å². The summed E-state index contributed by atoms with van der Waals surface area (Å²) in [5, 5.41) is 0. The van der Waals surface area contributed by atoms with Crippen LogP contribution in [-0.4, -0.2) is 49.3 Å². The van der Waals surface area contributed by atoms with Crippen molar-refractivity contribution in [2.45, 2.75) is 32.0 Å². The highest BCUT2D eigenvalue weighted by Gasteiger charge is 2.31. The van der Waals surface area contributed by atoms with Gasteiger partial charge in [0.15, 0.2) is 0 Å². The lowest BCUT2D eigenvalue weighted by molar-refractivity contribution is -0.178. The zero-order valence-corrected chi connectivity index (χ0v) is 11.6.